The lowest BCUT2D eigenvalue weighted by atomic mass is 9.70. The predicted octanol–water partition coefficient (Wildman–Crippen LogP) is 4.72. The maximum atomic E-state index is 12.6. The summed E-state index contributed by atoms with van der Waals surface area (Å²) in [7, 11) is -3.04. The summed E-state index contributed by atoms with van der Waals surface area (Å²) in [6.45, 7) is 12.1. The van der Waals surface area contributed by atoms with Crippen molar-refractivity contribution in [2.75, 3.05) is 32.6 Å². The fraction of sp³-hybridized carbons (Fsp3) is 0.905. The molecule has 3 aliphatic rings. The second-order valence-electron chi connectivity index (χ2n) is 8.65. The molecule has 0 aromatic rings. The van der Waals surface area contributed by atoms with Gasteiger partial charge in [0.25, 0.3) is 0 Å². The molecule has 0 bridgehead atoms. The maximum absolute atomic E-state index is 12.6. The van der Waals surface area contributed by atoms with Crippen molar-refractivity contribution in [2.45, 2.75) is 83.7 Å². The van der Waals surface area contributed by atoms with Crippen LogP contribution in [0.5, 0.6) is 0 Å². The normalized spacial score (nSPS) is 37.1. The lowest BCUT2D eigenvalue weighted by Gasteiger charge is -2.37. The molecular formula is C21H37O6P. The number of allylic oxidation sites excluding steroid dienone is 1. The summed E-state index contributed by atoms with van der Waals surface area (Å²) in [5.41, 5.74) is 1.18. The van der Waals surface area contributed by atoms with Crippen LogP contribution in [-0.2, 0) is 27.8 Å². The summed E-state index contributed by atoms with van der Waals surface area (Å²) in [5.74, 6) is 0.347. The highest BCUT2D eigenvalue weighted by molar-refractivity contribution is 7.53. The monoisotopic (exact) mass is 416 g/mol. The van der Waals surface area contributed by atoms with Crippen LogP contribution < -0.4 is 0 Å². The minimum atomic E-state index is -3.04. The van der Waals surface area contributed by atoms with E-state index in [0.29, 0.717) is 31.9 Å². The summed E-state index contributed by atoms with van der Waals surface area (Å²) < 4.78 is 41.5. The van der Waals surface area contributed by atoms with Gasteiger partial charge in [-0.05, 0) is 60.3 Å². The minimum absolute atomic E-state index is 0.0136. The molecule has 1 aliphatic carbocycles. The van der Waals surface area contributed by atoms with Crippen molar-refractivity contribution in [1.82, 2.24) is 0 Å². The van der Waals surface area contributed by atoms with Gasteiger partial charge in [0.2, 0.25) is 0 Å². The van der Waals surface area contributed by atoms with Gasteiger partial charge in [0, 0.05) is 5.92 Å². The number of rotatable bonds is 11. The molecule has 7 heteroatoms. The molecule has 3 fully saturated rings. The Labute approximate surface area is 169 Å². The number of ether oxygens (including phenoxy) is 3. The third kappa shape index (κ3) is 5.08. The van der Waals surface area contributed by atoms with Gasteiger partial charge in [0.1, 0.15) is 0 Å². The summed E-state index contributed by atoms with van der Waals surface area (Å²) in [6.07, 6.45) is 6.83. The van der Waals surface area contributed by atoms with Gasteiger partial charge in [-0.1, -0.05) is 11.6 Å². The van der Waals surface area contributed by atoms with Crippen molar-refractivity contribution in [2.24, 2.45) is 5.92 Å². The molecule has 28 heavy (non-hydrogen) atoms. The van der Waals surface area contributed by atoms with Crippen molar-refractivity contribution >= 4 is 7.60 Å². The molecule has 1 saturated carbocycles. The van der Waals surface area contributed by atoms with Crippen LogP contribution in [0.2, 0.25) is 0 Å². The lowest BCUT2D eigenvalue weighted by Crippen LogP contribution is -2.44. The fourth-order valence-electron chi connectivity index (χ4n) is 4.62. The zero-order valence-corrected chi connectivity index (χ0v) is 19.0. The SMILES string of the molecule is CCOP(=O)(CCO[C@@H]1CC[C@]2(CO2)[C@@H]([C@@]2(C)O[C@@H]2CC=C(C)C)C1)OCC. The minimum Gasteiger partial charge on any atom is -0.378 e. The molecule has 0 unspecified atom stereocenters. The Morgan fingerprint density at radius 2 is 1.93 bits per heavy atom. The molecule has 6 nitrogen and oxygen atoms in total. The molecule has 0 aromatic carbocycles. The van der Waals surface area contributed by atoms with Gasteiger partial charge in [0.15, 0.2) is 0 Å². The Balaban J connectivity index is 1.53. The molecule has 0 N–H and O–H groups in total. The highest BCUT2D eigenvalue weighted by Crippen LogP contribution is 2.59. The van der Waals surface area contributed by atoms with Crippen molar-refractivity contribution in [3.05, 3.63) is 11.6 Å². The molecule has 1 spiro atoms. The van der Waals surface area contributed by atoms with E-state index < -0.39 is 7.60 Å². The van der Waals surface area contributed by atoms with E-state index in [-0.39, 0.29) is 23.4 Å². The number of hydrogen-bond donors (Lipinski definition) is 0. The molecule has 2 aliphatic heterocycles. The van der Waals surface area contributed by atoms with Crippen LogP contribution in [0.15, 0.2) is 11.6 Å². The first-order valence-electron chi connectivity index (χ1n) is 10.7. The van der Waals surface area contributed by atoms with Crippen molar-refractivity contribution in [3.8, 4) is 0 Å². The molecular weight excluding hydrogens is 379 g/mol. The summed E-state index contributed by atoms with van der Waals surface area (Å²) in [5, 5.41) is 0. The molecule has 0 amide bonds. The summed E-state index contributed by atoms with van der Waals surface area (Å²) in [6, 6.07) is 0. The fourth-order valence-corrected chi connectivity index (χ4v) is 6.06. The van der Waals surface area contributed by atoms with Gasteiger partial charge in [-0.25, -0.2) is 0 Å². The lowest BCUT2D eigenvalue weighted by molar-refractivity contribution is -0.0265. The van der Waals surface area contributed by atoms with Gasteiger partial charge in [-0.2, -0.15) is 0 Å². The first-order valence-corrected chi connectivity index (χ1v) is 12.4. The molecule has 2 saturated heterocycles. The Kier molecular flexibility index (Phi) is 7.11. The molecule has 5 atom stereocenters. The third-order valence-electron chi connectivity index (χ3n) is 6.32. The molecule has 2 heterocycles. The van der Waals surface area contributed by atoms with E-state index in [2.05, 4.69) is 26.8 Å². The number of epoxide rings is 2. The highest BCUT2D eigenvalue weighted by atomic mass is 31.2. The van der Waals surface area contributed by atoms with Crippen LogP contribution in [0.25, 0.3) is 0 Å². The molecule has 0 aromatic heterocycles. The average molecular weight is 416 g/mol. The van der Waals surface area contributed by atoms with E-state index in [4.69, 9.17) is 23.3 Å². The quantitative estimate of drug-likeness (QED) is 0.276. The Morgan fingerprint density at radius 1 is 1.25 bits per heavy atom. The van der Waals surface area contributed by atoms with Gasteiger partial charge in [-0.3, -0.25) is 4.57 Å². The summed E-state index contributed by atoms with van der Waals surface area (Å²) >= 11 is 0. The van der Waals surface area contributed by atoms with E-state index in [9.17, 15) is 4.57 Å². The van der Waals surface area contributed by atoms with Crippen LogP contribution in [0.1, 0.15) is 60.3 Å². The highest BCUT2D eigenvalue weighted by Gasteiger charge is 2.68. The average Bonchev–Trinajstić information content (AvgIpc) is 3.53. The van der Waals surface area contributed by atoms with Crippen LogP contribution in [0, 0.1) is 5.92 Å². The van der Waals surface area contributed by atoms with Crippen molar-refractivity contribution in [1.29, 1.82) is 0 Å². The first-order chi connectivity index (χ1) is 13.3. The Bertz CT molecular complexity index is 602. The van der Waals surface area contributed by atoms with E-state index in [1.54, 1.807) is 0 Å². The van der Waals surface area contributed by atoms with E-state index in [1.165, 1.54) is 5.57 Å². The van der Waals surface area contributed by atoms with Crippen LogP contribution in [0.3, 0.4) is 0 Å². The van der Waals surface area contributed by atoms with Gasteiger partial charge in [-0.15, -0.1) is 0 Å². The Morgan fingerprint density at radius 3 is 2.50 bits per heavy atom. The van der Waals surface area contributed by atoms with Crippen LogP contribution >= 0.6 is 7.60 Å². The zero-order valence-electron chi connectivity index (χ0n) is 18.1. The molecule has 162 valence electrons. The number of hydrogen-bond acceptors (Lipinski definition) is 6. The predicted molar refractivity (Wildman–Crippen MR) is 109 cm³/mol. The summed E-state index contributed by atoms with van der Waals surface area (Å²) in [4.78, 5) is 0. The smallest absolute Gasteiger partial charge is 0.332 e. The van der Waals surface area contributed by atoms with E-state index in [1.807, 2.05) is 13.8 Å². The van der Waals surface area contributed by atoms with Crippen molar-refractivity contribution < 1.29 is 27.8 Å². The Hall–Kier alpha value is -0.230. The van der Waals surface area contributed by atoms with Gasteiger partial charge in [0.05, 0.1) is 56.0 Å². The second kappa shape index (κ2) is 8.87. The molecule has 3 rings (SSSR count). The van der Waals surface area contributed by atoms with E-state index >= 15 is 0 Å². The van der Waals surface area contributed by atoms with E-state index in [0.717, 1.165) is 32.3 Å². The maximum Gasteiger partial charge on any atom is 0.332 e. The third-order valence-corrected chi connectivity index (χ3v) is 8.35. The first kappa shape index (κ1) is 22.5. The topological polar surface area (TPSA) is 69.8 Å². The van der Waals surface area contributed by atoms with Crippen LogP contribution in [-0.4, -0.2) is 56.0 Å². The zero-order chi connectivity index (χ0) is 20.4. The van der Waals surface area contributed by atoms with Gasteiger partial charge < -0.3 is 23.3 Å². The van der Waals surface area contributed by atoms with Crippen molar-refractivity contribution in [3.63, 3.8) is 0 Å². The molecule has 0 radical (unpaired) electrons. The largest absolute Gasteiger partial charge is 0.378 e. The van der Waals surface area contributed by atoms with Gasteiger partial charge >= 0.3 is 7.60 Å². The van der Waals surface area contributed by atoms with Crippen LogP contribution in [0.4, 0.5) is 0 Å². The second-order valence-corrected chi connectivity index (χ2v) is 10.8. The standard InChI is InChI=1S/C21H37O6P/c1-6-25-28(22,26-7-2)13-12-23-17-10-11-21(15-24-21)18(14-17)20(5)19(27-20)9-8-16(3)4/h8,17-19H,6-7,9-15H2,1-5H3/t17-,18-,19-,20-,21+/m1/s1.